The molecule has 1 aromatic carbocycles. The predicted molar refractivity (Wildman–Crippen MR) is 117 cm³/mol. The van der Waals surface area contributed by atoms with E-state index in [4.69, 9.17) is 4.74 Å². The van der Waals surface area contributed by atoms with E-state index in [1.54, 1.807) is 25.7 Å². The van der Waals surface area contributed by atoms with E-state index in [0.717, 1.165) is 10.2 Å². The molecule has 2 aliphatic rings. The molecule has 2 saturated heterocycles. The van der Waals surface area contributed by atoms with Crippen molar-refractivity contribution in [3.63, 3.8) is 0 Å². The van der Waals surface area contributed by atoms with Gasteiger partial charge in [0.1, 0.15) is 12.1 Å². The highest BCUT2D eigenvalue weighted by Crippen LogP contribution is 2.41. The highest BCUT2D eigenvalue weighted by atomic mass is 79.9. The zero-order valence-corrected chi connectivity index (χ0v) is 19.4. The number of carbonyl (C=O) groups excluding carboxylic acids is 2. The zero-order chi connectivity index (χ0) is 21.4. The number of benzene rings is 1. The number of ether oxygens (including phenoxy) is 1. The van der Waals surface area contributed by atoms with Gasteiger partial charge in [0.2, 0.25) is 0 Å². The molecule has 3 rings (SSSR count). The van der Waals surface area contributed by atoms with Crippen molar-refractivity contribution in [2.75, 3.05) is 23.0 Å². The highest BCUT2D eigenvalue weighted by Gasteiger charge is 2.49. The van der Waals surface area contributed by atoms with E-state index < -0.39 is 27.4 Å². The standard InChI is InChI=1S/C18H22BrN3O5S2/c1-18(2,3)27-17(24)20-8-15(23)21-16-22(12-6-4-11(19)5-7-12)13-9-29(25,26)10-14(13)28-16/h4-7,13-14H,8-10H2,1-3H3,(H,20,24)/t13-,14+/m1/s1. The van der Waals surface area contributed by atoms with Gasteiger partial charge >= 0.3 is 6.09 Å². The molecule has 2 atom stereocenters. The number of amides is 2. The first-order valence-corrected chi connectivity index (χ1v) is 12.4. The topological polar surface area (TPSA) is 105 Å². The number of halogens is 1. The monoisotopic (exact) mass is 503 g/mol. The summed E-state index contributed by atoms with van der Waals surface area (Å²) in [5, 5.41) is 2.64. The number of sulfone groups is 1. The summed E-state index contributed by atoms with van der Waals surface area (Å²) in [6.45, 7) is 4.88. The number of nitrogens with one attached hydrogen (secondary N) is 1. The predicted octanol–water partition coefficient (Wildman–Crippen LogP) is 2.58. The third-order valence-corrected chi connectivity index (χ3v) is 7.91. The van der Waals surface area contributed by atoms with Crippen molar-refractivity contribution in [1.29, 1.82) is 0 Å². The second kappa shape index (κ2) is 8.27. The summed E-state index contributed by atoms with van der Waals surface area (Å²) < 4.78 is 30.2. The summed E-state index contributed by atoms with van der Waals surface area (Å²) in [6.07, 6.45) is -0.696. The molecule has 0 aliphatic carbocycles. The Bertz CT molecular complexity index is 941. The molecule has 2 fully saturated rings. The minimum atomic E-state index is -3.13. The van der Waals surface area contributed by atoms with E-state index in [2.05, 4.69) is 26.2 Å². The number of rotatable bonds is 3. The van der Waals surface area contributed by atoms with Crippen LogP contribution in [-0.2, 0) is 19.4 Å². The third kappa shape index (κ3) is 5.73. The average Bonchev–Trinajstić information content (AvgIpc) is 3.03. The van der Waals surface area contributed by atoms with E-state index in [0.29, 0.717) is 5.17 Å². The van der Waals surface area contributed by atoms with Crippen LogP contribution < -0.4 is 10.2 Å². The Labute approximate surface area is 182 Å². The number of fused-ring (bicyclic) bond motifs is 1. The maximum atomic E-state index is 12.3. The molecule has 29 heavy (non-hydrogen) atoms. The third-order valence-electron chi connectivity index (χ3n) is 4.17. The van der Waals surface area contributed by atoms with E-state index in [1.165, 1.54) is 11.8 Å². The smallest absolute Gasteiger partial charge is 0.408 e. The summed E-state index contributed by atoms with van der Waals surface area (Å²) in [7, 11) is -3.13. The van der Waals surface area contributed by atoms with Crippen LogP contribution >= 0.6 is 27.7 Å². The van der Waals surface area contributed by atoms with Crippen LogP contribution in [0.25, 0.3) is 0 Å². The summed E-state index contributed by atoms with van der Waals surface area (Å²) >= 11 is 4.67. The van der Waals surface area contributed by atoms with E-state index in [1.807, 2.05) is 24.3 Å². The summed E-state index contributed by atoms with van der Waals surface area (Å²) in [5.41, 5.74) is 0.0960. The molecule has 8 nitrogen and oxygen atoms in total. The Morgan fingerprint density at radius 3 is 2.55 bits per heavy atom. The first-order valence-electron chi connectivity index (χ1n) is 8.94. The Hall–Kier alpha value is -1.59. The minimum Gasteiger partial charge on any atom is -0.444 e. The van der Waals surface area contributed by atoms with Gasteiger partial charge in [0, 0.05) is 15.4 Å². The van der Waals surface area contributed by atoms with Gasteiger partial charge in [0.25, 0.3) is 5.91 Å². The number of aliphatic imine (C=N–C) groups is 1. The van der Waals surface area contributed by atoms with Gasteiger partial charge in [-0.1, -0.05) is 27.7 Å². The number of amidine groups is 1. The van der Waals surface area contributed by atoms with Crippen molar-refractivity contribution in [1.82, 2.24) is 5.32 Å². The number of alkyl carbamates (subject to hydrolysis) is 1. The lowest BCUT2D eigenvalue weighted by atomic mass is 10.2. The molecule has 0 spiro atoms. The SMILES string of the molecule is CC(C)(C)OC(=O)NCC(=O)N=C1S[C@H]2CS(=O)(=O)C[C@H]2N1c1ccc(Br)cc1. The molecule has 11 heteroatoms. The molecule has 158 valence electrons. The molecule has 1 N–H and O–H groups in total. The van der Waals surface area contributed by atoms with Crippen LogP contribution in [0.15, 0.2) is 33.7 Å². The first kappa shape index (κ1) is 22.1. The van der Waals surface area contributed by atoms with Crippen LogP contribution in [-0.4, -0.2) is 60.5 Å². The fourth-order valence-electron chi connectivity index (χ4n) is 3.08. The van der Waals surface area contributed by atoms with Crippen LogP contribution in [0.3, 0.4) is 0 Å². The van der Waals surface area contributed by atoms with Crippen molar-refractivity contribution < 1.29 is 22.7 Å². The fourth-order valence-corrected chi connectivity index (χ4v) is 7.27. The molecular weight excluding hydrogens is 482 g/mol. The second-order valence-corrected chi connectivity index (χ2v) is 12.1. The second-order valence-electron chi connectivity index (χ2n) is 7.79. The van der Waals surface area contributed by atoms with Gasteiger partial charge in [0.05, 0.1) is 17.5 Å². The first-order chi connectivity index (χ1) is 13.4. The van der Waals surface area contributed by atoms with Crippen molar-refractivity contribution in [2.24, 2.45) is 4.99 Å². The average molecular weight is 504 g/mol. The molecule has 0 unspecified atom stereocenters. The van der Waals surface area contributed by atoms with E-state index in [-0.39, 0.29) is 29.3 Å². The van der Waals surface area contributed by atoms with Gasteiger partial charge in [-0.05, 0) is 45.0 Å². The Kier molecular flexibility index (Phi) is 6.30. The molecule has 0 saturated carbocycles. The molecule has 2 aliphatic heterocycles. The van der Waals surface area contributed by atoms with Gasteiger partial charge in [0.15, 0.2) is 15.0 Å². The summed E-state index contributed by atoms with van der Waals surface area (Å²) in [6, 6.07) is 7.10. The molecule has 0 aromatic heterocycles. The zero-order valence-electron chi connectivity index (χ0n) is 16.2. The Morgan fingerprint density at radius 1 is 1.28 bits per heavy atom. The van der Waals surface area contributed by atoms with Crippen molar-refractivity contribution >= 4 is 60.4 Å². The highest BCUT2D eigenvalue weighted by molar-refractivity contribution is 9.10. The summed E-state index contributed by atoms with van der Waals surface area (Å²) in [4.78, 5) is 30.0. The number of carbonyl (C=O) groups is 2. The summed E-state index contributed by atoms with van der Waals surface area (Å²) in [5.74, 6) is -0.466. The quantitative estimate of drug-likeness (QED) is 0.675. The van der Waals surface area contributed by atoms with Crippen LogP contribution in [0.5, 0.6) is 0 Å². The number of nitrogens with zero attached hydrogens (tertiary/aromatic N) is 2. The molecule has 2 heterocycles. The fraction of sp³-hybridized carbons (Fsp3) is 0.500. The lowest BCUT2D eigenvalue weighted by Crippen LogP contribution is -2.38. The van der Waals surface area contributed by atoms with Crippen LogP contribution in [0.2, 0.25) is 0 Å². The number of hydrogen-bond donors (Lipinski definition) is 1. The molecule has 0 bridgehead atoms. The number of thioether (sulfide) groups is 1. The molecule has 2 amide bonds. The van der Waals surface area contributed by atoms with Crippen LogP contribution in [0.4, 0.5) is 10.5 Å². The maximum absolute atomic E-state index is 12.3. The van der Waals surface area contributed by atoms with Gasteiger partial charge in [-0.25, -0.2) is 13.2 Å². The van der Waals surface area contributed by atoms with Gasteiger partial charge in [-0.15, -0.1) is 0 Å². The van der Waals surface area contributed by atoms with E-state index in [9.17, 15) is 18.0 Å². The van der Waals surface area contributed by atoms with Crippen molar-refractivity contribution in [3.8, 4) is 0 Å². The minimum absolute atomic E-state index is 0.0180. The Balaban J connectivity index is 1.77. The van der Waals surface area contributed by atoms with Crippen molar-refractivity contribution in [3.05, 3.63) is 28.7 Å². The van der Waals surface area contributed by atoms with Gasteiger partial charge in [-0.2, -0.15) is 4.99 Å². The lowest BCUT2D eigenvalue weighted by Gasteiger charge is -2.24. The van der Waals surface area contributed by atoms with Crippen molar-refractivity contribution in [2.45, 2.75) is 37.7 Å². The largest absolute Gasteiger partial charge is 0.444 e. The molecular formula is C18H22BrN3O5S2. The van der Waals surface area contributed by atoms with Crippen LogP contribution in [0.1, 0.15) is 20.8 Å². The normalized spacial score (nSPS) is 24.4. The Morgan fingerprint density at radius 2 is 1.93 bits per heavy atom. The lowest BCUT2D eigenvalue weighted by molar-refractivity contribution is -0.117. The molecule has 1 aromatic rings. The molecule has 0 radical (unpaired) electrons. The maximum Gasteiger partial charge on any atom is 0.408 e. The van der Waals surface area contributed by atoms with Gasteiger partial charge in [-0.3, -0.25) is 4.79 Å². The van der Waals surface area contributed by atoms with E-state index >= 15 is 0 Å². The van der Waals surface area contributed by atoms with Gasteiger partial charge < -0.3 is 15.0 Å². The number of anilines is 1. The number of hydrogen-bond acceptors (Lipinski definition) is 6. The van der Waals surface area contributed by atoms with Crippen LogP contribution in [0, 0.1) is 0 Å².